The van der Waals surface area contributed by atoms with Gasteiger partial charge >= 0.3 is 18.2 Å². The fourth-order valence-electron chi connectivity index (χ4n) is 1.91. The summed E-state index contributed by atoms with van der Waals surface area (Å²) in [5.74, 6) is -1.57. The highest BCUT2D eigenvalue weighted by Crippen LogP contribution is 2.18. The van der Waals surface area contributed by atoms with Gasteiger partial charge in [-0.05, 0) is 26.3 Å². The molecule has 0 saturated heterocycles. The molecule has 2 amide bonds. The number of carboxylic acid groups (broad SMARTS) is 1. The first kappa shape index (κ1) is 21.1. The summed E-state index contributed by atoms with van der Waals surface area (Å²) in [6.07, 6.45) is -1.69. The number of aromatic nitrogens is 2. The van der Waals surface area contributed by atoms with Gasteiger partial charge in [0.05, 0.1) is 0 Å². The number of alkyl carbamates (subject to hydrolysis) is 1. The first-order valence-corrected chi connectivity index (χ1v) is 8.95. The van der Waals surface area contributed by atoms with Crippen LogP contribution >= 0.6 is 11.5 Å². The standard InChI is InChI=1S/C17H20N4O6S/c1-17(2,3)27-16(25)18-11(13(22)23)12-19-14(28-21-12)20-15(24)26-9-10-7-5-4-6-8-10/h4-8,11H,9H2,1-3H3,(H,18,25)(H,22,23)(H,19,20,21,24). The van der Waals surface area contributed by atoms with Crippen LogP contribution in [-0.4, -0.2) is 38.2 Å². The number of hydrogen-bond donors (Lipinski definition) is 3. The molecule has 0 aliphatic rings. The molecule has 1 heterocycles. The maximum absolute atomic E-state index is 11.8. The van der Waals surface area contributed by atoms with E-state index in [1.54, 1.807) is 32.9 Å². The Labute approximate surface area is 165 Å². The number of benzene rings is 1. The number of aliphatic carboxylic acids is 1. The van der Waals surface area contributed by atoms with Crippen molar-refractivity contribution in [2.45, 2.75) is 39.0 Å². The fourth-order valence-corrected chi connectivity index (χ4v) is 2.50. The zero-order valence-electron chi connectivity index (χ0n) is 15.5. The smallest absolute Gasteiger partial charge is 0.413 e. The molecule has 2 rings (SSSR count). The van der Waals surface area contributed by atoms with Crippen molar-refractivity contribution in [1.29, 1.82) is 0 Å². The van der Waals surface area contributed by atoms with Crippen molar-refractivity contribution < 1.29 is 29.0 Å². The lowest BCUT2D eigenvalue weighted by Crippen LogP contribution is -2.38. The van der Waals surface area contributed by atoms with E-state index in [0.717, 1.165) is 17.1 Å². The van der Waals surface area contributed by atoms with Crippen molar-refractivity contribution in [2.75, 3.05) is 5.32 Å². The molecular formula is C17H20N4O6S. The molecule has 0 bridgehead atoms. The number of ether oxygens (including phenoxy) is 2. The van der Waals surface area contributed by atoms with Crippen molar-refractivity contribution in [3.63, 3.8) is 0 Å². The van der Waals surface area contributed by atoms with Crippen LogP contribution in [0, 0.1) is 0 Å². The number of carbonyl (C=O) groups excluding carboxylic acids is 2. The quantitative estimate of drug-likeness (QED) is 0.663. The monoisotopic (exact) mass is 408 g/mol. The number of anilines is 1. The molecule has 0 aliphatic heterocycles. The Balaban J connectivity index is 1.95. The normalized spacial score (nSPS) is 12.0. The summed E-state index contributed by atoms with van der Waals surface area (Å²) < 4.78 is 13.9. The molecule has 0 spiro atoms. The van der Waals surface area contributed by atoms with Crippen LogP contribution < -0.4 is 10.6 Å². The second-order valence-corrected chi connectivity index (χ2v) is 7.31. The zero-order valence-corrected chi connectivity index (χ0v) is 16.3. The van der Waals surface area contributed by atoms with Crippen molar-refractivity contribution in [1.82, 2.24) is 14.7 Å². The fraction of sp³-hybridized carbons (Fsp3) is 0.353. The molecule has 150 valence electrons. The maximum Gasteiger partial charge on any atom is 0.413 e. The number of nitrogens with one attached hydrogen (secondary N) is 2. The molecule has 3 N–H and O–H groups in total. The van der Waals surface area contributed by atoms with Crippen molar-refractivity contribution in [3.05, 3.63) is 41.7 Å². The van der Waals surface area contributed by atoms with Gasteiger partial charge in [-0.15, -0.1) is 0 Å². The number of rotatable bonds is 6. The lowest BCUT2D eigenvalue weighted by atomic mass is 10.2. The molecule has 0 radical (unpaired) electrons. The van der Waals surface area contributed by atoms with E-state index in [1.165, 1.54) is 0 Å². The average Bonchev–Trinajstić information content (AvgIpc) is 3.05. The van der Waals surface area contributed by atoms with Gasteiger partial charge in [0.15, 0.2) is 11.9 Å². The highest BCUT2D eigenvalue weighted by molar-refractivity contribution is 7.09. The largest absolute Gasteiger partial charge is 0.479 e. The summed E-state index contributed by atoms with van der Waals surface area (Å²) in [5.41, 5.74) is 0.0146. The minimum absolute atomic E-state index is 0.0327. The Morgan fingerprint density at radius 3 is 2.46 bits per heavy atom. The molecule has 0 fully saturated rings. The number of carbonyl (C=O) groups is 3. The van der Waals surface area contributed by atoms with Crippen molar-refractivity contribution in [3.8, 4) is 0 Å². The zero-order chi connectivity index (χ0) is 20.7. The van der Waals surface area contributed by atoms with Crippen LogP contribution in [0.2, 0.25) is 0 Å². The number of carboxylic acids is 1. The van der Waals surface area contributed by atoms with E-state index in [1.807, 2.05) is 18.2 Å². The minimum atomic E-state index is -1.53. The molecule has 0 aliphatic carbocycles. The first-order valence-electron chi connectivity index (χ1n) is 8.17. The van der Waals surface area contributed by atoms with Crippen LogP contribution in [0.25, 0.3) is 0 Å². The number of hydrogen-bond acceptors (Lipinski definition) is 8. The first-order chi connectivity index (χ1) is 13.1. The molecule has 11 heteroatoms. The third kappa shape index (κ3) is 6.83. The van der Waals surface area contributed by atoms with Crippen LogP contribution in [0.5, 0.6) is 0 Å². The maximum atomic E-state index is 11.8. The molecule has 2 aromatic rings. The Morgan fingerprint density at radius 2 is 1.86 bits per heavy atom. The molecule has 0 saturated carbocycles. The second-order valence-electron chi connectivity index (χ2n) is 6.56. The SMILES string of the molecule is CC(C)(C)OC(=O)NC(C(=O)O)c1nsc(NC(=O)OCc2ccccc2)n1. The van der Waals surface area contributed by atoms with Crippen molar-refractivity contribution in [2.24, 2.45) is 0 Å². The van der Waals surface area contributed by atoms with E-state index >= 15 is 0 Å². The molecule has 10 nitrogen and oxygen atoms in total. The van der Waals surface area contributed by atoms with Gasteiger partial charge in [0, 0.05) is 11.5 Å². The molecule has 1 aromatic heterocycles. The van der Waals surface area contributed by atoms with Gasteiger partial charge in [-0.3, -0.25) is 5.32 Å². The predicted molar refractivity (Wildman–Crippen MR) is 99.9 cm³/mol. The highest BCUT2D eigenvalue weighted by Gasteiger charge is 2.29. The third-order valence-corrected chi connectivity index (χ3v) is 3.67. The topological polar surface area (TPSA) is 140 Å². The second kappa shape index (κ2) is 9.13. The number of nitrogens with zero attached hydrogens (tertiary/aromatic N) is 2. The van der Waals surface area contributed by atoms with Crippen LogP contribution in [0.15, 0.2) is 30.3 Å². The number of amides is 2. The Morgan fingerprint density at radius 1 is 1.18 bits per heavy atom. The molecule has 1 unspecified atom stereocenters. The van der Waals surface area contributed by atoms with Gasteiger partial charge in [-0.2, -0.15) is 4.37 Å². The van der Waals surface area contributed by atoms with Crippen LogP contribution in [-0.2, 0) is 20.9 Å². The van der Waals surface area contributed by atoms with Gasteiger partial charge in [0.2, 0.25) is 5.13 Å². The minimum Gasteiger partial charge on any atom is -0.479 e. The van der Waals surface area contributed by atoms with Gasteiger partial charge in [0.1, 0.15) is 12.2 Å². The van der Waals surface area contributed by atoms with Gasteiger partial charge < -0.3 is 19.9 Å². The van der Waals surface area contributed by atoms with Crippen LogP contribution in [0.4, 0.5) is 14.7 Å². The lowest BCUT2D eigenvalue weighted by Gasteiger charge is -2.21. The van der Waals surface area contributed by atoms with E-state index < -0.39 is 29.8 Å². The van der Waals surface area contributed by atoms with Gasteiger partial charge in [-0.1, -0.05) is 30.3 Å². The predicted octanol–water partition coefficient (Wildman–Crippen LogP) is 2.94. The van der Waals surface area contributed by atoms with E-state index in [4.69, 9.17) is 9.47 Å². The Hall–Kier alpha value is -3.21. The molecule has 28 heavy (non-hydrogen) atoms. The molecule has 1 aromatic carbocycles. The summed E-state index contributed by atoms with van der Waals surface area (Å²) in [6.45, 7) is 5.00. The summed E-state index contributed by atoms with van der Waals surface area (Å²) in [6, 6.07) is 7.55. The van der Waals surface area contributed by atoms with Crippen LogP contribution in [0.1, 0.15) is 38.2 Å². The Kier molecular flexibility index (Phi) is 6.88. The highest BCUT2D eigenvalue weighted by atomic mass is 32.1. The average molecular weight is 408 g/mol. The lowest BCUT2D eigenvalue weighted by molar-refractivity contribution is -0.139. The Bertz CT molecular complexity index is 834. The summed E-state index contributed by atoms with van der Waals surface area (Å²) in [7, 11) is 0. The summed E-state index contributed by atoms with van der Waals surface area (Å²) >= 11 is 0.757. The van der Waals surface area contributed by atoms with E-state index in [2.05, 4.69) is 20.0 Å². The summed E-state index contributed by atoms with van der Waals surface area (Å²) in [5, 5.41) is 13.9. The van der Waals surface area contributed by atoms with Crippen LogP contribution in [0.3, 0.4) is 0 Å². The van der Waals surface area contributed by atoms with Gasteiger partial charge in [-0.25, -0.2) is 19.4 Å². The van der Waals surface area contributed by atoms with E-state index in [-0.39, 0.29) is 17.6 Å². The van der Waals surface area contributed by atoms with E-state index in [9.17, 15) is 19.5 Å². The van der Waals surface area contributed by atoms with Crippen molar-refractivity contribution >= 4 is 34.8 Å². The van der Waals surface area contributed by atoms with E-state index in [0.29, 0.717) is 0 Å². The third-order valence-electron chi connectivity index (χ3n) is 3.03. The molecule has 1 atom stereocenters. The molecular weight excluding hydrogens is 388 g/mol. The van der Waals surface area contributed by atoms with Gasteiger partial charge in [0.25, 0.3) is 0 Å². The summed E-state index contributed by atoms with van der Waals surface area (Å²) in [4.78, 5) is 39.0.